The van der Waals surface area contributed by atoms with Gasteiger partial charge in [-0.25, -0.2) is 0 Å². The highest BCUT2D eigenvalue weighted by Crippen LogP contribution is 2.29. The number of piperidine rings is 2. The van der Waals surface area contributed by atoms with Crippen molar-refractivity contribution in [3.8, 4) is 0 Å². The van der Waals surface area contributed by atoms with Crippen LogP contribution in [-0.2, 0) is 14.3 Å². The molecule has 4 rings (SSSR count). The summed E-state index contributed by atoms with van der Waals surface area (Å²) in [6.07, 6.45) is 7.86. The van der Waals surface area contributed by atoms with E-state index in [1.54, 1.807) is 0 Å². The minimum Gasteiger partial charge on any atom is -0.379 e. The van der Waals surface area contributed by atoms with E-state index in [0.29, 0.717) is 25.3 Å². The van der Waals surface area contributed by atoms with E-state index in [1.165, 1.54) is 5.56 Å². The third-order valence-electron chi connectivity index (χ3n) is 6.84. The van der Waals surface area contributed by atoms with E-state index in [0.717, 1.165) is 71.7 Å². The van der Waals surface area contributed by atoms with Crippen LogP contribution in [0.1, 0.15) is 43.6 Å². The van der Waals surface area contributed by atoms with Crippen LogP contribution in [0.2, 0.25) is 0 Å². The number of carbonyl (C=O) groups excluding carboxylic acids is 2. The summed E-state index contributed by atoms with van der Waals surface area (Å²) < 4.78 is 5.39. The van der Waals surface area contributed by atoms with Gasteiger partial charge in [-0.15, -0.1) is 0 Å². The number of amides is 2. The van der Waals surface area contributed by atoms with E-state index in [9.17, 15) is 9.59 Å². The summed E-state index contributed by atoms with van der Waals surface area (Å²) in [5.41, 5.74) is 1.33. The van der Waals surface area contributed by atoms with Gasteiger partial charge >= 0.3 is 0 Å². The van der Waals surface area contributed by atoms with Crippen LogP contribution >= 0.6 is 0 Å². The first-order valence-corrected chi connectivity index (χ1v) is 11.5. The first kappa shape index (κ1) is 21.2. The maximum absolute atomic E-state index is 13.1. The van der Waals surface area contributed by atoms with Gasteiger partial charge in [-0.3, -0.25) is 19.5 Å². The van der Waals surface area contributed by atoms with Crippen molar-refractivity contribution in [2.24, 2.45) is 5.92 Å². The molecule has 3 fully saturated rings. The van der Waals surface area contributed by atoms with Crippen LogP contribution in [0.4, 0.5) is 0 Å². The smallest absolute Gasteiger partial charge is 0.227 e. The molecule has 4 heterocycles. The molecule has 0 aliphatic carbocycles. The quantitative estimate of drug-likeness (QED) is 0.710. The largest absolute Gasteiger partial charge is 0.379 e. The molecule has 1 aromatic rings. The van der Waals surface area contributed by atoms with Crippen LogP contribution in [0, 0.1) is 5.92 Å². The van der Waals surface area contributed by atoms with Gasteiger partial charge in [0.05, 0.1) is 19.1 Å². The van der Waals surface area contributed by atoms with Gasteiger partial charge < -0.3 is 14.5 Å². The van der Waals surface area contributed by atoms with Crippen molar-refractivity contribution in [2.75, 3.05) is 59.0 Å². The molecule has 3 saturated heterocycles. The second-order valence-corrected chi connectivity index (χ2v) is 8.76. The molecule has 2 amide bonds. The first-order chi connectivity index (χ1) is 14.7. The number of carbonyl (C=O) groups is 2. The van der Waals surface area contributed by atoms with E-state index in [2.05, 4.69) is 22.0 Å². The van der Waals surface area contributed by atoms with Crippen LogP contribution in [0.15, 0.2) is 24.5 Å². The molecule has 0 bridgehead atoms. The van der Waals surface area contributed by atoms with Crippen molar-refractivity contribution in [1.29, 1.82) is 0 Å². The highest BCUT2D eigenvalue weighted by Gasteiger charge is 2.34. The van der Waals surface area contributed by atoms with E-state index >= 15 is 0 Å². The predicted molar refractivity (Wildman–Crippen MR) is 114 cm³/mol. The number of rotatable bonds is 6. The van der Waals surface area contributed by atoms with Crippen molar-refractivity contribution < 1.29 is 14.3 Å². The fraction of sp³-hybridized carbons (Fsp3) is 0.696. The lowest BCUT2D eigenvalue weighted by molar-refractivity contribution is -0.143. The highest BCUT2D eigenvalue weighted by molar-refractivity contribution is 5.84. The number of pyridine rings is 1. The molecule has 1 aromatic heterocycles. The molecule has 30 heavy (non-hydrogen) atoms. The summed E-state index contributed by atoms with van der Waals surface area (Å²) in [5.74, 6) is 0.927. The Kier molecular flexibility index (Phi) is 7.33. The fourth-order valence-corrected chi connectivity index (χ4v) is 4.97. The van der Waals surface area contributed by atoms with Crippen LogP contribution in [0.3, 0.4) is 0 Å². The molecule has 164 valence electrons. The molecule has 0 aromatic carbocycles. The predicted octanol–water partition coefficient (Wildman–Crippen LogP) is 1.75. The van der Waals surface area contributed by atoms with Crippen molar-refractivity contribution in [3.05, 3.63) is 30.1 Å². The summed E-state index contributed by atoms with van der Waals surface area (Å²) in [7, 11) is 0. The van der Waals surface area contributed by atoms with Gasteiger partial charge in [0, 0.05) is 64.6 Å². The molecule has 3 aliphatic rings. The Hall–Kier alpha value is -1.99. The summed E-state index contributed by atoms with van der Waals surface area (Å²) in [5, 5.41) is 0. The Morgan fingerprint density at radius 2 is 1.77 bits per heavy atom. The van der Waals surface area contributed by atoms with Crippen LogP contribution in [0.25, 0.3) is 0 Å². The summed E-state index contributed by atoms with van der Waals surface area (Å²) >= 11 is 0. The highest BCUT2D eigenvalue weighted by atomic mass is 16.5. The average molecular weight is 415 g/mol. The van der Waals surface area contributed by atoms with E-state index < -0.39 is 0 Å². The standard InChI is InChI=1S/C23H34N4O3/c28-22-3-2-21(18-27(22)11-1-10-25-14-16-30-17-15-25)23(29)26-12-6-20(7-13-26)19-4-8-24-9-5-19/h4-5,8-9,20-21H,1-3,6-7,10-18H2. The summed E-state index contributed by atoms with van der Waals surface area (Å²) in [6.45, 7) is 7.52. The third kappa shape index (κ3) is 5.38. The molecule has 0 saturated carbocycles. The maximum atomic E-state index is 13.1. The van der Waals surface area contributed by atoms with Crippen molar-refractivity contribution in [1.82, 2.24) is 19.7 Å². The Morgan fingerprint density at radius 1 is 1.03 bits per heavy atom. The normalized spacial score (nSPS) is 24.3. The number of morpholine rings is 1. The number of likely N-dealkylation sites (tertiary alicyclic amines) is 2. The fourth-order valence-electron chi connectivity index (χ4n) is 4.97. The second-order valence-electron chi connectivity index (χ2n) is 8.76. The zero-order valence-corrected chi connectivity index (χ0v) is 17.9. The monoisotopic (exact) mass is 414 g/mol. The van der Waals surface area contributed by atoms with Gasteiger partial charge in [-0.2, -0.15) is 0 Å². The molecule has 0 N–H and O–H groups in total. The van der Waals surface area contributed by atoms with Crippen LogP contribution in [-0.4, -0.2) is 90.5 Å². The molecular formula is C23H34N4O3. The van der Waals surface area contributed by atoms with Gasteiger partial charge in [0.15, 0.2) is 0 Å². The van der Waals surface area contributed by atoms with Gasteiger partial charge in [0.1, 0.15) is 0 Å². The Morgan fingerprint density at radius 3 is 2.50 bits per heavy atom. The summed E-state index contributed by atoms with van der Waals surface area (Å²) in [6, 6.07) is 4.17. The Labute approximate surface area is 179 Å². The average Bonchev–Trinajstić information content (AvgIpc) is 2.81. The SMILES string of the molecule is O=C1CCC(C(=O)N2CCC(c3ccncc3)CC2)CN1CCCN1CCOCC1. The maximum Gasteiger partial charge on any atom is 0.227 e. The number of hydrogen-bond acceptors (Lipinski definition) is 5. The molecule has 0 radical (unpaired) electrons. The third-order valence-corrected chi connectivity index (χ3v) is 6.84. The Bertz CT molecular complexity index is 700. The number of hydrogen-bond donors (Lipinski definition) is 0. The van der Waals surface area contributed by atoms with E-state index in [4.69, 9.17) is 4.74 Å². The van der Waals surface area contributed by atoms with Crippen LogP contribution in [0.5, 0.6) is 0 Å². The Balaban J connectivity index is 1.23. The minimum absolute atomic E-state index is 0.0384. The second kappa shape index (κ2) is 10.4. The van der Waals surface area contributed by atoms with Crippen molar-refractivity contribution >= 4 is 11.8 Å². The van der Waals surface area contributed by atoms with Gasteiger partial charge in [-0.05, 0) is 49.3 Å². The molecule has 7 nitrogen and oxygen atoms in total. The molecule has 3 aliphatic heterocycles. The number of aromatic nitrogens is 1. The lowest BCUT2D eigenvalue weighted by Crippen LogP contribution is -2.49. The zero-order valence-electron chi connectivity index (χ0n) is 17.9. The van der Waals surface area contributed by atoms with Gasteiger partial charge in [0.2, 0.25) is 11.8 Å². The van der Waals surface area contributed by atoms with Crippen molar-refractivity contribution in [2.45, 2.75) is 38.0 Å². The van der Waals surface area contributed by atoms with Gasteiger partial charge in [0.25, 0.3) is 0 Å². The van der Waals surface area contributed by atoms with E-state index in [-0.39, 0.29) is 17.7 Å². The minimum atomic E-state index is -0.0384. The van der Waals surface area contributed by atoms with Gasteiger partial charge in [-0.1, -0.05) is 0 Å². The van der Waals surface area contributed by atoms with Crippen LogP contribution < -0.4 is 0 Å². The first-order valence-electron chi connectivity index (χ1n) is 11.5. The zero-order chi connectivity index (χ0) is 20.8. The van der Waals surface area contributed by atoms with E-state index in [1.807, 2.05) is 22.2 Å². The number of ether oxygens (including phenoxy) is 1. The lowest BCUT2D eigenvalue weighted by Gasteiger charge is -2.38. The van der Waals surface area contributed by atoms with Crippen molar-refractivity contribution in [3.63, 3.8) is 0 Å². The molecule has 0 spiro atoms. The molecular weight excluding hydrogens is 380 g/mol. The molecule has 1 atom stereocenters. The number of nitrogens with zero attached hydrogens (tertiary/aromatic N) is 4. The molecule has 1 unspecified atom stereocenters. The topological polar surface area (TPSA) is 66.0 Å². The summed E-state index contributed by atoms with van der Waals surface area (Å²) in [4.78, 5) is 36.0. The molecule has 7 heteroatoms. The lowest BCUT2D eigenvalue weighted by atomic mass is 9.88.